The molecule has 1 aromatic rings. The van der Waals surface area contributed by atoms with Crippen molar-refractivity contribution in [3.05, 3.63) is 22.4 Å². The number of thiophene rings is 1. The standard InChI is InChI=1S/C16H27N3O2S.2ClH/c1-21-8-6-17-11-16(20)18-10-14-4-2-7-19(12-14)13-15-5-3-9-22-15;;/h3,5,9,14,17H,2,4,6-8,10-13H2,1H3,(H,18,20);2*1H. The number of carbonyl (C=O) groups is 1. The van der Waals surface area contributed by atoms with E-state index in [0.717, 1.165) is 19.6 Å². The molecule has 0 bridgehead atoms. The molecule has 0 aliphatic carbocycles. The molecule has 2 heterocycles. The Morgan fingerprint density at radius 3 is 3.00 bits per heavy atom. The Labute approximate surface area is 161 Å². The second-order valence-electron chi connectivity index (χ2n) is 5.80. The third-order valence-corrected chi connectivity index (χ3v) is 4.78. The minimum atomic E-state index is 0. The molecular weight excluding hydrogens is 369 g/mol. The number of ether oxygens (including phenoxy) is 1. The molecule has 1 unspecified atom stereocenters. The van der Waals surface area contributed by atoms with Crippen molar-refractivity contribution in [2.24, 2.45) is 5.92 Å². The number of amides is 1. The molecule has 1 fully saturated rings. The first kappa shape index (κ1) is 23.6. The molecule has 1 aliphatic heterocycles. The molecule has 1 aromatic heterocycles. The van der Waals surface area contributed by atoms with Crippen LogP contribution in [0.1, 0.15) is 17.7 Å². The summed E-state index contributed by atoms with van der Waals surface area (Å²) in [5.41, 5.74) is 0. The van der Waals surface area contributed by atoms with E-state index < -0.39 is 0 Å². The van der Waals surface area contributed by atoms with Gasteiger partial charge in [0.25, 0.3) is 0 Å². The lowest BCUT2D eigenvalue weighted by Crippen LogP contribution is -2.42. The maximum atomic E-state index is 11.8. The number of likely N-dealkylation sites (tertiary alicyclic amines) is 1. The van der Waals surface area contributed by atoms with Crippen LogP contribution in [0, 0.1) is 5.92 Å². The van der Waals surface area contributed by atoms with Gasteiger partial charge >= 0.3 is 0 Å². The molecule has 1 aliphatic rings. The zero-order chi connectivity index (χ0) is 15.6. The van der Waals surface area contributed by atoms with Gasteiger partial charge in [0.05, 0.1) is 13.2 Å². The van der Waals surface area contributed by atoms with Crippen molar-refractivity contribution in [3.8, 4) is 0 Å². The van der Waals surface area contributed by atoms with E-state index in [1.165, 1.54) is 24.3 Å². The van der Waals surface area contributed by atoms with Crippen molar-refractivity contribution in [2.45, 2.75) is 19.4 Å². The van der Waals surface area contributed by atoms with Gasteiger partial charge in [-0.2, -0.15) is 0 Å². The number of nitrogens with zero attached hydrogens (tertiary/aromatic N) is 1. The molecule has 0 spiro atoms. The fraction of sp³-hybridized carbons (Fsp3) is 0.688. The van der Waals surface area contributed by atoms with Crippen LogP contribution in [-0.4, -0.2) is 57.2 Å². The van der Waals surface area contributed by atoms with Crippen molar-refractivity contribution >= 4 is 42.1 Å². The Kier molecular flexibility index (Phi) is 13.7. The normalized spacial score (nSPS) is 17.6. The highest BCUT2D eigenvalue weighted by atomic mass is 35.5. The predicted octanol–water partition coefficient (Wildman–Crippen LogP) is 2.16. The molecule has 8 heteroatoms. The fourth-order valence-corrected chi connectivity index (χ4v) is 3.53. The van der Waals surface area contributed by atoms with Crippen molar-refractivity contribution in [3.63, 3.8) is 0 Å². The minimum Gasteiger partial charge on any atom is -0.383 e. The molecule has 2 rings (SSSR count). The van der Waals surface area contributed by atoms with Gasteiger partial charge in [-0.05, 0) is 36.8 Å². The van der Waals surface area contributed by atoms with Crippen molar-refractivity contribution in [1.82, 2.24) is 15.5 Å². The van der Waals surface area contributed by atoms with Gasteiger partial charge in [0.1, 0.15) is 0 Å². The van der Waals surface area contributed by atoms with E-state index >= 15 is 0 Å². The van der Waals surface area contributed by atoms with E-state index in [1.807, 2.05) is 11.3 Å². The molecule has 0 aromatic carbocycles. The zero-order valence-electron chi connectivity index (χ0n) is 14.2. The van der Waals surface area contributed by atoms with Gasteiger partial charge in [-0.25, -0.2) is 0 Å². The summed E-state index contributed by atoms with van der Waals surface area (Å²) in [5.74, 6) is 0.642. The van der Waals surface area contributed by atoms with Crippen LogP contribution in [0.2, 0.25) is 0 Å². The summed E-state index contributed by atoms with van der Waals surface area (Å²) in [7, 11) is 1.66. The Hall–Kier alpha value is -0.370. The average molecular weight is 398 g/mol. The number of nitrogens with one attached hydrogen (secondary N) is 2. The zero-order valence-corrected chi connectivity index (χ0v) is 16.6. The highest BCUT2D eigenvalue weighted by Crippen LogP contribution is 2.19. The van der Waals surface area contributed by atoms with Crippen LogP contribution in [0.15, 0.2) is 17.5 Å². The lowest BCUT2D eigenvalue weighted by atomic mass is 9.98. The van der Waals surface area contributed by atoms with E-state index in [4.69, 9.17) is 4.74 Å². The average Bonchev–Trinajstić information content (AvgIpc) is 3.03. The molecular formula is C16H29Cl2N3O2S. The Bertz CT molecular complexity index is 435. The third kappa shape index (κ3) is 9.20. The number of hydrogen-bond donors (Lipinski definition) is 2. The van der Waals surface area contributed by atoms with Crippen molar-refractivity contribution in [2.75, 3.05) is 46.4 Å². The number of piperidine rings is 1. The van der Waals surface area contributed by atoms with Gasteiger partial charge in [0.2, 0.25) is 5.91 Å². The van der Waals surface area contributed by atoms with Crippen LogP contribution in [0.4, 0.5) is 0 Å². The first-order valence-corrected chi connectivity index (χ1v) is 8.87. The third-order valence-electron chi connectivity index (χ3n) is 3.92. The smallest absolute Gasteiger partial charge is 0.233 e. The monoisotopic (exact) mass is 397 g/mol. The van der Waals surface area contributed by atoms with Crippen LogP contribution < -0.4 is 10.6 Å². The molecule has 24 heavy (non-hydrogen) atoms. The SMILES string of the molecule is COCCNCC(=O)NCC1CCCN(Cc2cccs2)C1.Cl.Cl. The van der Waals surface area contributed by atoms with Gasteiger partial charge < -0.3 is 15.4 Å². The highest BCUT2D eigenvalue weighted by molar-refractivity contribution is 7.09. The first-order chi connectivity index (χ1) is 10.8. The van der Waals surface area contributed by atoms with Gasteiger partial charge in [0, 0.05) is 38.2 Å². The number of hydrogen-bond acceptors (Lipinski definition) is 5. The molecule has 140 valence electrons. The number of rotatable bonds is 9. The van der Waals surface area contributed by atoms with Crippen molar-refractivity contribution in [1.29, 1.82) is 0 Å². The van der Waals surface area contributed by atoms with Crippen LogP contribution in [0.3, 0.4) is 0 Å². The fourth-order valence-electron chi connectivity index (χ4n) is 2.78. The topological polar surface area (TPSA) is 53.6 Å². The van der Waals surface area contributed by atoms with Crippen LogP contribution >= 0.6 is 36.2 Å². The van der Waals surface area contributed by atoms with Crippen LogP contribution in [0.5, 0.6) is 0 Å². The summed E-state index contributed by atoms with van der Waals surface area (Å²) in [6, 6.07) is 4.31. The van der Waals surface area contributed by atoms with E-state index in [-0.39, 0.29) is 30.7 Å². The number of carbonyl (C=O) groups excluding carboxylic acids is 1. The molecule has 1 atom stereocenters. The molecule has 0 saturated carbocycles. The second-order valence-corrected chi connectivity index (χ2v) is 6.83. The molecule has 0 radical (unpaired) electrons. The second kappa shape index (κ2) is 13.9. The van der Waals surface area contributed by atoms with E-state index in [1.54, 1.807) is 7.11 Å². The van der Waals surface area contributed by atoms with Gasteiger partial charge in [-0.3, -0.25) is 9.69 Å². The quantitative estimate of drug-likeness (QED) is 0.626. The predicted molar refractivity (Wildman–Crippen MR) is 105 cm³/mol. The Balaban J connectivity index is 0.00000264. The Morgan fingerprint density at radius 1 is 1.46 bits per heavy atom. The summed E-state index contributed by atoms with van der Waals surface area (Å²) in [6.45, 7) is 5.78. The lowest BCUT2D eigenvalue weighted by molar-refractivity contribution is -0.120. The lowest BCUT2D eigenvalue weighted by Gasteiger charge is -2.32. The summed E-state index contributed by atoms with van der Waals surface area (Å²) in [5, 5.41) is 8.24. The van der Waals surface area contributed by atoms with E-state index in [9.17, 15) is 4.79 Å². The highest BCUT2D eigenvalue weighted by Gasteiger charge is 2.20. The van der Waals surface area contributed by atoms with Crippen LogP contribution in [-0.2, 0) is 16.1 Å². The molecule has 2 N–H and O–H groups in total. The van der Waals surface area contributed by atoms with Gasteiger partial charge in [-0.1, -0.05) is 6.07 Å². The van der Waals surface area contributed by atoms with E-state index in [2.05, 4.69) is 33.0 Å². The number of halogens is 2. The summed E-state index contributed by atoms with van der Waals surface area (Å²) < 4.78 is 4.93. The maximum Gasteiger partial charge on any atom is 0.233 e. The van der Waals surface area contributed by atoms with Crippen LogP contribution in [0.25, 0.3) is 0 Å². The molecule has 5 nitrogen and oxygen atoms in total. The molecule has 1 saturated heterocycles. The van der Waals surface area contributed by atoms with Gasteiger partial charge in [-0.15, -0.1) is 36.2 Å². The van der Waals surface area contributed by atoms with Gasteiger partial charge in [0.15, 0.2) is 0 Å². The molecule has 1 amide bonds. The Morgan fingerprint density at radius 2 is 2.29 bits per heavy atom. The largest absolute Gasteiger partial charge is 0.383 e. The minimum absolute atomic E-state index is 0. The summed E-state index contributed by atoms with van der Waals surface area (Å²) >= 11 is 1.82. The van der Waals surface area contributed by atoms with E-state index in [0.29, 0.717) is 25.6 Å². The first-order valence-electron chi connectivity index (χ1n) is 7.99. The summed E-state index contributed by atoms with van der Waals surface area (Å²) in [6.07, 6.45) is 2.43. The number of methoxy groups -OCH3 is 1. The summed E-state index contributed by atoms with van der Waals surface area (Å²) in [4.78, 5) is 15.7. The van der Waals surface area contributed by atoms with Crippen molar-refractivity contribution < 1.29 is 9.53 Å². The maximum absolute atomic E-state index is 11.8.